The normalized spacial score (nSPS) is 31.1. The van der Waals surface area contributed by atoms with E-state index in [1.165, 1.54) is 6.42 Å². The molecule has 5 nitrogen and oxygen atoms in total. The van der Waals surface area contributed by atoms with Crippen LogP contribution in [0.15, 0.2) is 0 Å². The Hall–Kier alpha value is -0.620. The van der Waals surface area contributed by atoms with Gasteiger partial charge in [-0.05, 0) is 38.6 Å². The van der Waals surface area contributed by atoms with Gasteiger partial charge >= 0.3 is 0 Å². The Bertz CT molecular complexity index is 388. The minimum absolute atomic E-state index is 0.162. The fourth-order valence-electron chi connectivity index (χ4n) is 2.74. The molecule has 0 aliphatic carbocycles. The van der Waals surface area contributed by atoms with Crippen LogP contribution in [-0.4, -0.2) is 44.5 Å². The molecule has 6 heteroatoms. The number of amides is 1. The minimum atomic E-state index is -3.20. The average Bonchev–Trinajstić information content (AvgIpc) is 2.81. The van der Waals surface area contributed by atoms with Gasteiger partial charge in [-0.3, -0.25) is 4.79 Å². The highest BCUT2D eigenvalue weighted by atomic mass is 32.2. The highest BCUT2D eigenvalue weighted by molar-refractivity contribution is 7.92. The highest BCUT2D eigenvalue weighted by Crippen LogP contribution is 2.19. The number of sulfone groups is 1. The minimum Gasteiger partial charge on any atom is -0.355 e. The predicted molar refractivity (Wildman–Crippen MR) is 70.1 cm³/mol. The number of nitrogens with one attached hydrogen (secondary N) is 2. The maximum Gasteiger partial charge on any atom is 0.238 e. The molecule has 2 fully saturated rings. The van der Waals surface area contributed by atoms with Gasteiger partial charge in [-0.1, -0.05) is 6.42 Å². The number of hydrogen-bond acceptors (Lipinski definition) is 4. The largest absolute Gasteiger partial charge is 0.355 e. The SMILES string of the molecule is O=C(NCC[C@H]1CCCN1)C1CCCCS1(=O)=O. The first kappa shape index (κ1) is 13.8. The molecule has 2 N–H and O–H groups in total. The van der Waals surface area contributed by atoms with Crippen LogP contribution in [0.3, 0.4) is 0 Å². The van der Waals surface area contributed by atoms with Crippen LogP contribution in [0.1, 0.15) is 38.5 Å². The van der Waals surface area contributed by atoms with E-state index < -0.39 is 15.1 Å². The van der Waals surface area contributed by atoms with Crippen LogP contribution >= 0.6 is 0 Å². The van der Waals surface area contributed by atoms with Gasteiger partial charge in [0, 0.05) is 12.6 Å². The molecule has 2 atom stereocenters. The lowest BCUT2D eigenvalue weighted by molar-refractivity contribution is -0.120. The third-order valence-electron chi connectivity index (χ3n) is 3.83. The maximum atomic E-state index is 11.9. The Labute approximate surface area is 109 Å². The molecule has 0 radical (unpaired) electrons. The first-order valence-corrected chi connectivity index (χ1v) is 8.54. The van der Waals surface area contributed by atoms with E-state index in [2.05, 4.69) is 10.6 Å². The Balaban J connectivity index is 1.76. The number of carbonyl (C=O) groups is 1. The molecule has 104 valence electrons. The molecular formula is C12H22N2O3S. The number of rotatable bonds is 4. The van der Waals surface area contributed by atoms with Gasteiger partial charge in [0.25, 0.3) is 0 Å². The molecule has 2 aliphatic rings. The van der Waals surface area contributed by atoms with Crippen molar-refractivity contribution in [1.29, 1.82) is 0 Å². The Morgan fingerprint density at radius 2 is 2.06 bits per heavy atom. The zero-order chi connectivity index (χ0) is 13.0. The monoisotopic (exact) mass is 274 g/mol. The summed E-state index contributed by atoms with van der Waals surface area (Å²) in [4.78, 5) is 11.9. The van der Waals surface area contributed by atoms with Gasteiger partial charge in [-0.15, -0.1) is 0 Å². The predicted octanol–water partition coefficient (Wildman–Crippen LogP) is 0.212. The molecular weight excluding hydrogens is 252 g/mol. The van der Waals surface area contributed by atoms with Gasteiger partial charge in [0.2, 0.25) is 5.91 Å². The summed E-state index contributed by atoms with van der Waals surface area (Å²) in [5.41, 5.74) is 0. The third-order valence-corrected chi connectivity index (χ3v) is 6.00. The van der Waals surface area contributed by atoms with Crippen LogP contribution in [0.25, 0.3) is 0 Å². The molecule has 0 bridgehead atoms. The van der Waals surface area contributed by atoms with Crippen molar-refractivity contribution >= 4 is 15.7 Å². The second-order valence-corrected chi connectivity index (χ2v) is 7.53. The molecule has 0 spiro atoms. The number of carbonyl (C=O) groups excluding carboxylic acids is 1. The zero-order valence-corrected chi connectivity index (χ0v) is 11.5. The van der Waals surface area contributed by atoms with Crippen molar-refractivity contribution in [3.05, 3.63) is 0 Å². The van der Waals surface area contributed by atoms with Crippen LogP contribution < -0.4 is 10.6 Å². The van der Waals surface area contributed by atoms with E-state index in [4.69, 9.17) is 0 Å². The van der Waals surface area contributed by atoms with E-state index in [-0.39, 0.29) is 11.7 Å². The van der Waals surface area contributed by atoms with Crippen molar-refractivity contribution in [3.63, 3.8) is 0 Å². The molecule has 2 saturated heterocycles. The van der Waals surface area contributed by atoms with Crippen molar-refractivity contribution in [1.82, 2.24) is 10.6 Å². The van der Waals surface area contributed by atoms with E-state index >= 15 is 0 Å². The molecule has 0 aromatic heterocycles. The molecule has 2 aliphatic heterocycles. The van der Waals surface area contributed by atoms with E-state index in [0.717, 1.165) is 25.8 Å². The summed E-state index contributed by atoms with van der Waals surface area (Å²) in [7, 11) is -3.20. The molecule has 0 aromatic rings. The number of hydrogen-bond donors (Lipinski definition) is 2. The second kappa shape index (κ2) is 6.02. The molecule has 0 aromatic carbocycles. The highest BCUT2D eigenvalue weighted by Gasteiger charge is 2.34. The van der Waals surface area contributed by atoms with Gasteiger partial charge < -0.3 is 10.6 Å². The van der Waals surface area contributed by atoms with E-state index in [0.29, 0.717) is 25.4 Å². The molecule has 2 rings (SSSR count). The molecule has 2 heterocycles. The summed E-state index contributed by atoms with van der Waals surface area (Å²) < 4.78 is 23.5. The lowest BCUT2D eigenvalue weighted by Crippen LogP contribution is -2.43. The van der Waals surface area contributed by atoms with Gasteiger partial charge in [0.15, 0.2) is 9.84 Å². The standard InChI is InChI=1S/C12H22N2O3S/c15-12(11-5-1-2-9-18(11,16)17)14-8-6-10-4-3-7-13-10/h10-11,13H,1-9H2,(H,14,15)/t10-,11?/m1/s1. The fraction of sp³-hybridized carbons (Fsp3) is 0.917. The van der Waals surface area contributed by atoms with Crippen molar-refractivity contribution in [3.8, 4) is 0 Å². The molecule has 18 heavy (non-hydrogen) atoms. The first-order valence-electron chi connectivity index (χ1n) is 6.82. The van der Waals surface area contributed by atoms with Gasteiger partial charge in [0.05, 0.1) is 5.75 Å². The van der Waals surface area contributed by atoms with Crippen LogP contribution in [0.2, 0.25) is 0 Å². The van der Waals surface area contributed by atoms with Crippen molar-refractivity contribution in [2.75, 3.05) is 18.8 Å². The first-order chi connectivity index (χ1) is 8.59. The fourth-order valence-corrected chi connectivity index (χ4v) is 4.56. The van der Waals surface area contributed by atoms with Crippen LogP contribution in [0.4, 0.5) is 0 Å². The molecule has 0 saturated carbocycles. The third kappa shape index (κ3) is 3.45. The Morgan fingerprint density at radius 3 is 2.72 bits per heavy atom. The molecule has 1 unspecified atom stereocenters. The zero-order valence-electron chi connectivity index (χ0n) is 10.7. The second-order valence-electron chi connectivity index (χ2n) is 5.22. The smallest absolute Gasteiger partial charge is 0.238 e. The summed E-state index contributed by atoms with van der Waals surface area (Å²) in [6, 6.07) is 0.480. The molecule has 1 amide bonds. The average molecular weight is 274 g/mol. The van der Waals surface area contributed by atoms with Crippen molar-refractivity contribution in [2.45, 2.75) is 49.8 Å². The van der Waals surface area contributed by atoms with Crippen molar-refractivity contribution in [2.24, 2.45) is 0 Å². The lowest BCUT2D eigenvalue weighted by atomic mass is 10.1. The summed E-state index contributed by atoms with van der Waals surface area (Å²) in [6.07, 6.45) is 5.24. The van der Waals surface area contributed by atoms with Crippen LogP contribution in [-0.2, 0) is 14.6 Å². The quantitative estimate of drug-likeness (QED) is 0.768. The summed E-state index contributed by atoms with van der Waals surface area (Å²) in [5.74, 6) is -0.136. The van der Waals surface area contributed by atoms with E-state index in [1.54, 1.807) is 0 Å². The van der Waals surface area contributed by atoms with E-state index in [9.17, 15) is 13.2 Å². The van der Waals surface area contributed by atoms with E-state index in [1.807, 2.05) is 0 Å². The Morgan fingerprint density at radius 1 is 1.22 bits per heavy atom. The van der Waals surface area contributed by atoms with Gasteiger partial charge in [-0.25, -0.2) is 8.42 Å². The van der Waals surface area contributed by atoms with Gasteiger partial charge in [0.1, 0.15) is 5.25 Å². The topological polar surface area (TPSA) is 75.3 Å². The lowest BCUT2D eigenvalue weighted by Gasteiger charge is -2.21. The maximum absolute atomic E-state index is 11.9. The summed E-state index contributed by atoms with van der Waals surface area (Å²) >= 11 is 0. The van der Waals surface area contributed by atoms with Crippen LogP contribution in [0, 0.1) is 0 Å². The van der Waals surface area contributed by atoms with Gasteiger partial charge in [-0.2, -0.15) is 0 Å². The summed E-state index contributed by atoms with van der Waals surface area (Å²) in [5, 5.41) is 5.33. The van der Waals surface area contributed by atoms with Crippen LogP contribution in [0.5, 0.6) is 0 Å². The summed E-state index contributed by atoms with van der Waals surface area (Å²) in [6.45, 7) is 1.62. The Kier molecular flexibility index (Phi) is 4.61. The van der Waals surface area contributed by atoms with Crippen molar-refractivity contribution < 1.29 is 13.2 Å².